The predicted molar refractivity (Wildman–Crippen MR) is 126 cm³/mol. The fourth-order valence-corrected chi connectivity index (χ4v) is 4.03. The first-order chi connectivity index (χ1) is 14.8. The van der Waals surface area contributed by atoms with Gasteiger partial charge in [0.15, 0.2) is 6.61 Å². The molecule has 0 aliphatic rings. The molecule has 0 bridgehead atoms. The number of nitrogens with zero attached hydrogens (tertiary/aromatic N) is 1. The highest BCUT2D eigenvalue weighted by Gasteiger charge is 2.14. The molecule has 0 aliphatic heterocycles. The molecule has 5 nitrogen and oxygen atoms in total. The third-order valence-electron chi connectivity index (χ3n) is 4.78. The fourth-order valence-electron chi connectivity index (χ4n) is 3.34. The number of nitrogens with one attached hydrogen (secondary N) is 1. The summed E-state index contributed by atoms with van der Waals surface area (Å²) < 4.78 is 6.70. The highest BCUT2D eigenvalue weighted by atomic mass is 79.9. The van der Waals surface area contributed by atoms with Gasteiger partial charge in [-0.15, -0.1) is 0 Å². The van der Waals surface area contributed by atoms with Crippen LogP contribution in [0.25, 0.3) is 0 Å². The summed E-state index contributed by atoms with van der Waals surface area (Å²) in [6, 6.07) is 20.6. The van der Waals surface area contributed by atoms with Crippen molar-refractivity contribution in [2.75, 3.05) is 19.0 Å². The largest absolute Gasteiger partial charge is 0.483 e. The average Bonchev–Trinajstić information content (AvgIpc) is 2.73. The van der Waals surface area contributed by atoms with E-state index < -0.39 is 0 Å². The summed E-state index contributed by atoms with van der Waals surface area (Å²) in [6.45, 7) is 4.27. The molecule has 3 aromatic rings. The minimum atomic E-state index is -0.288. The minimum Gasteiger partial charge on any atom is -0.483 e. The maximum Gasteiger partial charge on any atom is 0.262 e. The van der Waals surface area contributed by atoms with Gasteiger partial charge in [-0.1, -0.05) is 52.3 Å². The first-order valence-corrected chi connectivity index (χ1v) is 10.7. The number of hydrogen-bond acceptors (Lipinski definition) is 3. The van der Waals surface area contributed by atoms with Crippen molar-refractivity contribution < 1.29 is 14.3 Å². The second kappa shape index (κ2) is 10.3. The number of carbonyl (C=O) groups is 2. The van der Waals surface area contributed by atoms with E-state index in [4.69, 9.17) is 4.74 Å². The molecule has 160 valence electrons. The summed E-state index contributed by atoms with van der Waals surface area (Å²) in [7, 11) is 1.76. The first-order valence-electron chi connectivity index (χ1n) is 9.92. The lowest BCUT2D eigenvalue weighted by atomic mass is 10.1. The van der Waals surface area contributed by atoms with Gasteiger partial charge in [-0.05, 0) is 60.9 Å². The van der Waals surface area contributed by atoms with Crippen molar-refractivity contribution in [1.29, 1.82) is 0 Å². The van der Waals surface area contributed by atoms with Gasteiger partial charge in [0.1, 0.15) is 5.75 Å². The van der Waals surface area contributed by atoms with Crippen LogP contribution in [0, 0.1) is 13.8 Å². The lowest BCUT2D eigenvalue weighted by Gasteiger charge is -2.18. The molecule has 31 heavy (non-hydrogen) atoms. The van der Waals surface area contributed by atoms with Crippen molar-refractivity contribution >= 4 is 33.4 Å². The number of amides is 2. The molecule has 6 heteroatoms. The number of anilines is 1. The zero-order valence-electron chi connectivity index (χ0n) is 17.8. The van der Waals surface area contributed by atoms with Crippen LogP contribution >= 0.6 is 15.9 Å². The van der Waals surface area contributed by atoms with Crippen LogP contribution in [0.4, 0.5) is 5.69 Å². The normalized spacial score (nSPS) is 10.5. The molecule has 0 aromatic heterocycles. The van der Waals surface area contributed by atoms with Crippen LogP contribution in [0.2, 0.25) is 0 Å². The third-order valence-corrected chi connectivity index (χ3v) is 5.23. The second-order valence-corrected chi connectivity index (χ2v) is 8.35. The zero-order valence-corrected chi connectivity index (χ0v) is 19.4. The van der Waals surface area contributed by atoms with Crippen molar-refractivity contribution in [2.45, 2.75) is 20.4 Å². The van der Waals surface area contributed by atoms with Gasteiger partial charge in [0.25, 0.3) is 11.8 Å². The van der Waals surface area contributed by atoms with E-state index in [0.29, 0.717) is 23.5 Å². The quantitative estimate of drug-likeness (QED) is 0.495. The van der Waals surface area contributed by atoms with Gasteiger partial charge in [-0.3, -0.25) is 9.59 Å². The molecule has 0 radical (unpaired) electrons. The van der Waals surface area contributed by atoms with Gasteiger partial charge in [-0.2, -0.15) is 0 Å². The van der Waals surface area contributed by atoms with Crippen molar-refractivity contribution in [1.82, 2.24) is 4.90 Å². The molecular weight excluding hydrogens is 456 g/mol. The highest BCUT2D eigenvalue weighted by molar-refractivity contribution is 9.10. The summed E-state index contributed by atoms with van der Waals surface area (Å²) in [5.74, 6) is 0.297. The van der Waals surface area contributed by atoms with E-state index in [1.807, 2.05) is 56.3 Å². The third kappa shape index (κ3) is 6.18. The number of aryl methyl sites for hydroxylation is 2. The molecular formula is C25H25BrN2O3. The van der Waals surface area contributed by atoms with Gasteiger partial charge in [0, 0.05) is 29.3 Å². The van der Waals surface area contributed by atoms with E-state index >= 15 is 0 Å². The summed E-state index contributed by atoms with van der Waals surface area (Å²) in [5, 5.41) is 2.80. The van der Waals surface area contributed by atoms with Crippen LogP contribution in [0.1, 0.15) is 27.0 Å². The van der Waals surface area contributed by atoms with Crippen LogP contribution in [-0.2, 0) is 11.3 Å². The van der Waals surface area contributed by atoms with Crippen LogP contribution in [0.15, 0.2) is 71.2 Å². The molecule has 0 saturated heterocycles. The van der Waals surface area contributed by atoms with Gasteiger partial charge in [0.05, 0.1) is 0 Å². The van der Waals surface area contributed by atoms with Crippen molar-refractivity contribution in [3.8, 4) is 5.75 Å². The highest BCUT2D eigenvalue weighted by Crippen LogP contribution is 2.27. The van der Waals surface area contributed by atoms with Crippen LogP contribution in [0.5, 0.6) is 5.75 Å². The molecule has 0 spiro atoms. The standard InChI is InChI=1S/C25H25BrN2O3/c1-17-12-21(26)13-18(2)24(17)31-16-23(29)27-22-11-7-10-20(14-22)25(30)28(3)15-19-8-5-4-6-9-19/h4-14H,15-16H2,1-3H3,(H,27,29). The monoisotopic (exact) mass is 480 g/mol. The maximum atomic E-state index is 12.8. The lowest BCUT2D eigenvalue weighted by molar-refractivity contribution is -0.118. The smallest absolute Gasteiger partial charge is 0.262 e. The van der Waals surface area contributed by atoms with Gasteiger partial charge in [-0.25, -0.2) is 0 Å². The van der Waals surface area contributed by atoms with Gasteiger partial charge < -0.3 is 15.0 Å². The fraction of sp³-hybridized carbons (Fsp3) is 0.200. The Morgan fingerprint density at radius 1 is 0.968 bits per heavy atom. The molecule has 0 saturated carbocycles. The summed E-state index contributed by atoms with van der Waals surface area (Å²) in [5.41, 5.74) is 4.02. The Labute approximate surface area is 191 Å². The molecule has 0 atom stereocenters. The van der Waals surface area contributed by atoms with E-state index in [-0.39, 0.29) is 18.4 Å². The molecule has 2 amide bonds. The Hall–Kier alpha value is -3.12. The minimum absolute atomic E-state index is 0.114. The number of ether oxygens (including phenoxy) is 1. The second-order valence-electron chi connectivity index (χ2n) is 7.43. The van der Waals surface area contributed by atoms with Crippen LogP contribution in [-0.4, -0.2) is 30.4 Å². The summed E-state index contributed by atoms with van der Waals surface area (Å²) >= 11 is 3.45. The maximum absolute atomic E-state index is 12.8. The molecule has 3 aromatic carbocycles. The predicted octanol–water partition coefficient (Wildman–Crippen LogP) is 5.36. The molecule has 0 unspecified atom stereocenters. The number of rotatable bonds is 7. The number of hydrogen-bond donors (Lipinski definition) is 1. The van der Waals surface area contributed by atoms with Gasteiger partial charge in [0.2, 0.25) is 0 Å². The van der Waals surface area contributed by atoms with Crippen molar-refractivity contribution in [3.63, 3.8) is 0 Å². The molecule has 1 N–H and O–H groups in total. The Kier molecular flexibility index (Phi) is 7.47. The molecule has 3 rings (SSSR count). The van der Waals surface area contributed by atoms with E-state index in [2.05, 4.69) is 21.2 Å². The Bertz CT molecular complexity index is 1060. The Morgan fingerprint density at radius 2 is 1.65 bits per heavy atom. The first kappa shape index (κ1) is 22.6. The number of carbonyl (C=O) groups excluding carboxylic acids is 2. The Morgan fingerprint density at radius 3 is 2.32 bits per heavy atom. The number of benzene rings is 3. The van der Waals surface area contributed by atoms with Gasteiger partial charge >= 0.3 is 0 Å². The van der Waals surface area contributed by atoms with E-state index in [9.17, 15) is 9.59 Å². The van der Waals surface area contributed by atoms with Crippen molar-refractivity contribution in [3.05, 3.63) is 93.5 Å². The van der Waals surface area contributed by atoms with E-state index in [1.54, 1.807) is 36.2 Å². The van der Waals surface area contributed by atoms with E-state index in [0.717, 1.165) is 21.2 Å². The summed E-state index contributed by atoms with van der Waals surface area (Å²) in [6.07, 6.45) is 0. The van der Waals surface area contributed by atoms with Crippen LogP contribution in [0.3, 0.4) is 0 Å². The SMILES string of the molecule is Cc1cc(Br)cc(C)c1OCC(=O)Nc1cccc(C(=O)N(C)Cc2ccccc2)c1. The van der Waals surface area contributed by atoms with E-state index in [1.165, 1.54) is 0 Å². The van der Waals surface area contributed by atoms with Crippen molar-refractivity contribution in [2.24, 2.45) is 0 Å². The lowest BCUT2D eigenvalue weighted by Crippen LogP contribution is -2.26. The number of halogens is 1. The average molecular weight is 481 g/mol. The molecule has 0 fully saturated rings. The molecule has 0 heterocycles. The molecule has 0 aliphatic carbocycles. The topological polar surface area (TPSA) is 58.6 Å². The van der Waals surface area contributed by atoms with Crippen LogP contribution < -0.4 is 10.1 Å². The summed E-state index contributed by atoms with van der Waals surface area (Å²) in [4.78, 5) is 26.8. The zero-order chi connectivity index (χ0) is 22.4. The Balaban J connectivity index is 1.61.